The molecule has 0 unspecified atom stereocenters. The molecule has 1 amide bonds. The van der Waals surface area contributed by atoms with Crippen molar-refractivity contribution in [2.24, 2.45) is 0 Å². The molecule has 0 saturated heterocycles. The molecule has 0 aliphatic heterocycles. The van der Waals surface area contributed by atoms with Crippen molar-refractivity contribution in [3.63, 3.8) is 0 Å². The summed E-state index contributed by atoms with van der Waals surface area (Å²) in [4.78, 5) is 11.6. The second kappa shape index (κ2) is 6.87. The van der Waals surface area contributed by atoms with Crippen LogP contribution in [-0.4, -0.2) is 20.1 Å². The fourth-order valence-corrected chi connectivity index (χ4v) is 2.69. The van der Waals surface area contributed by atoms with Crippen molar-refractivity contribution in [1.82, 2.24) is 0 Å². The quantitative estimate of drug-likeness (QED) is 0.907. The van der Waals surface area contributed by atoms with Crippen LogP contribution in [0.15, 0.2) is 53.4 Å². The lowest BCUT2D eigenvalue weighted by atomic mass is 10.1. The van der Waals surface area contributed by atoms with Gasteiger partial charge in [-0.15, -0.1) is 0 Å². The Labute approximate surface area is 133 Å². The normalized spacial score (nSPS) is 11.5. The summed E-state index contributed by atoms with van der Waals surface area (Å²) >= 11 is 0. The molecule has 0 bridgehead atoms. The van der Waals surface area contributed by atoms with E-state index in [0.717, 1.165) is 24.1 Å². The first-order valence-electron chi connectivity index (χ1n) is 6.87. The van der Waals surface area contributed by atoms with Crippen molar-refractivity contribution < 1.29 is 22.0 Å². The van der Waals surface area contributed by atoms with E-state index in [1.54, 1.807) is 6.07 Å². The van der Waals surface area contributed by atoms with Crippen LogP contribution in [0.3, 0.4) is 0 Å². The smallest absolute Gasteiger partial charge is 0.322 e. The van der Waals surface area contributed by atoms with Crippen LogP contribution < -0.4 is 5.32 Å². The van der Waals surface area contributed by atoms with Crippen LogP contribution in [0.5, 0.6) is 0 Å². The zero-order valence-corrected chi connectivity index (χ0v) is 13.1. The number of halogens is 2. The Hall–Kier alpha value is -2.28. The molecule has 0 heterocycles. The molecule has 0 radical (unpaired) electrons. The Morgan fingerprint density at radius 1 is 1.13 bits per heavy atom. The topological polar surface area (TPSA) is 63.2 Å². The SMILES string of the molecule is CCc1cccc(NC(=O)c2ccc(S(=O)(=O)C(F)F)cc2)c1. The Kier molecular flexibility index (Phi) is 5.10. The third kappa shape index (κ3) is 3.92. The molecule has 2 aromatic carbocycles. The molecule has 2 aromatic rings. The molecule has 23 heavy (non-hydrogen) atoms. The summed E-state index contributed by atoms with van der Waals surface area (Å²) in [5, 5.41) is 2.68. The van der Waals surface area contributed by atoms with Crippen molar-refractivity contribution >= 4 is 21.4 Å². The Bertz CT molecular complexity index is 802. The maximum Gasteiger partial charge on any atom is 0.341 e. The highest BCUT2D eigenvalue weighted by Gasteiger charge is 2.26. The number of hydrogen-bond donors (Lipinski definition) is 1. The minimum atomic E-state index is -4.65. The number of carbonyl (C=O) groups is 1. The molecular formula is C16H15F2NO3S. The first kappa shape index (κ1) is 17.1. The van der Waals surface area contributed by atoms with E-state index < -0.39 is 26.4 Å². The summed E-state index contributed by atoms with van der Waals surface area (Å²) in [5.74, 6) is -3.93. The van der Waals surface area contributed by atoms with Gasteiger partial charge < -0.3 is 5.32 Å². The monoisotopic (exact) mass is 339 g/mol. The number of aryl methyl sites for hydroxylation is 1. The number of rotatable bonds is 5. The van der Waals surface area contributed by atoms with Gasteiger partial charge in [-0.2, -0.15) is 8.78 Å². The van der Waals surface area contributed by atoms with Gasteiger partial charge in [0.15, 0.2) is 0 Å². The first-order valence-corrected chi connectivity index (χ1v) is 8.41. The molecule has 2 rings (SSSR count). The van der Waals surface area contributed by atoms with Crippen LogP contribution in [0.4, 0.5) is 14.5 Å². The van der Waals surface area contributed by atoms with Gasteiger partial charge in [-0.1, -0.05) is 19.1 Å². The Balaban J connectivity index is 2.17. The van der Waals surface area contributed by atoms with Gasteiger partial charge in [0.2, 0.25) is 9.84 Å². The lowest BCUT2D eigenvalue weighted by molar-refractivity contribution is 0.102. The molecule has 122 valence electrons. The highest BCUT2D eigenvalue weighted by Crippen LogP contribution is 2.19. The fraction of sp³-hybridized carbons (Fsp3) is 0.188. The lowest BCUT2D eigenvalue weighted by Crippen LogP contribution is -2.14. The van der Waals surface area contributed by atoms with E-state index in [9.17, 15) is 22.0 Å². The number of alkyl halides is 2. The van der Waals surface area contributed by atoms with Gasteiger partial charge in [0.25, 0.3) is 5.91 Å². The number of amides is 1. The zero-order valence-electron chi connectivity index (χ0n) is 12.3. The second-order valence-electron chi connectivity index (χ2n) is 4.84. The van der Waals surface area contributed by atoms with Crippen LogP contribution >= 0.6 is 0 Å². The molecule has 7 heteroatoms. The number of anilines is 1. The predicted octanol–water partition coefficient (Wildman–Crippen LogP) is 3.50. The largest absolute Gasteiger partial charge is 0.341 e. The van der Waals surface area contributed by atoms with Crippen LogP contribution in [0, 0.1) is 0 Å². The number of carbonyl (C=O) groups excluding carboxylic acids is 1. The summed E-state index contributed by atoms with van der Waals surface area (Å²) in [6, 6.07) is 11.7. The van der Waals surface area contributed by atoms with E-state index in [4.69, 9.17) is 0 Å². The van der Waals surface area contributed by atoms with Crippen LogP contribution in [0.25, 0.3) is 0 Å². The van der Waals surface area contributed by atoms with E-state index >= 15 is 0 Å². The van der Waals surface area contributed by atoms with Crippen LogP contribution in [0.2, 0.25) is 0 Å². The molecule has 0 atom stereocenters. The molecular weight excluding hydrogens is 324 g/mol. The van der Waals surface area contributed by atoms with Gasteiger partial charge in [0.1, 0.15) is 0 Å². The summed E-state index contributed by atoms with van der Waals surface area (Å²) in [5.41, 5.74) is 1.85. The highest BCUT2D eigenvalue weighted by molar-refractivity contribution is 7.91. The van der Waals surface area contributed by atoms with Crippen molar-refractivity contribution in [3.05, 3.63) is 59.7 Å². The van der Waals surface area contributed by atoms with Crippen LogP contribution in [-0.2, 0) is 16.3 Å². The molecule has 4 nitrogen and oxygen atoms in total. The third-order valence-corrected chi connectivity index (χ3v) is 4.67. The maximum absolute atomic E-state index is 12.4. The number of hydrogen-bond acceptors (Lipinski definition) is 3. The van der Waals surface area contributed by atoms with Crippen LogP contribution in [0.1, 0.15) is 22.8 Å². The summed E-state index contributed by atoms with van der Waals surface area (Å²) in [6.45, 7) is 1.99. The lowest BCUT2D eigenvalue weighted by Gasteiger charge is -2.08. The minimum absolute atomic E-state index is 0.181. The fourth-order valence-electron chi connectivity index (χ4n) is 1.97. The Morgan fingerprint density at radius 2 is 1.78 bits per heavy atom. The van der Waals surface area contributed by atoms with E-state index in [1.165, 1.54) is 12.1 Å². The molecule has 1 N–H and O–H groups in total. The van der Waals surface area contributed by atoms with E-state index in [0.29, 0.717) is 5.69 Å². The third-order valence-electron chi connectivity index (χ3n) is 3.27. The second-order valence-corrected chi connectivity index (χ2v) is 6.76. The van der Waals surface area contributed by atoms with Gasteiger partial charge in [0, 0.05) is 11.3 Å². The van der Waals surface area contributed by atoms with E-state index in [2.05, 4.69) is 5.32 Å². The van der Waals surface area contributed by atoms with Gasteiger partial charge in [-0.3, -0.25) is 4.79 Å². The average Bonchev–Trinajstić information content (AvgIpc) is 2.55. The predicted molar refractivity (Wildman–Crippen MR) is 83.4 cm³/mol. The zero-order chi connectivity index (χ0) is 17.0. The minimum Gasteiger partial charge on any atom is -0.322 e. The molecule has 0 aliphatic carbocycles. The summed E-state index contributed by atoms with van der Waals surface area (Å²) in [6.07, 6.45) is 0.823. The Morgan fingerprint density at radius 3 is 2.35 bits per heavy atom. The number of sulfone groups is 1. The standard InChI is InChI=1S/C16H15F2NO3S/c1-2-11-4-3-5-13(10-11)19-15(20)12-6-8-14(9-7-12)23(21,22)16(17)18/h3-10,16H,2H2,1H3,(H,19,20). The summed E-state index contributed by atoms with van der Waals surface area (Å²) < 4.78 is 47.5. The molecule has 0 aromatic heterocycles. The van der Waals surface area contributed by atoms with Crippen molar-refractivity contribution in [2.75, 3.05) is 5.32 Å². The van der Waals surface area contributed by atoms with Gasteiger partial charge in [-0.05, 0) is 48.4 Å². The molecule has 0 aliphatic rings. The van der Waals surface area contributed by atoms with E-state index in [-0.39, 0.29) is 5.56 Å². The molecule has 0 spiro atoms. The molecule has 0 saturated carbocycles. The maximum atomic E-state index is 12.4. The van der Waals surface area contributed by atoms with Crippen molar-refractivity contribution in [3.8, 4) is 0 Å². The average molecular weight is 339 g/mol. The number of nitrogens with one attached hydrogen (secondary N) is 1. The highest BCUT2D eigenvalue weighted by atomic mass is 32.2. The van der Waals surface area contributed by atoms with Gasteiger partial charge in [0.05, 0.1) is 4.90 Å². The van der Waals surface area contributed by atoms with Gasteiger partial charge >= 0.3 is 5.76 Å². The number of benzene rings is 2. The van der Waals surface area contributed by atoms with Crippen molar-refractivity contribution in [2.45, 2.75) is 24.0 Å². The van der Waals surface area contributed by atoms with Crippen molar-refractivity contribution in [1.29, 1.82) is 0 Å². The van der Waals surface area contributed by atoms with E-state index in [1.807, 2.05) is 25.1 Å². The molecule has 0 fully saturated rings. The first-order chi connectivity index (χ1) is 10.8. The van der Waals surface area contributed by atoms with Gasteiger partial charge in [-0.25, -0.2) is 8.42 Å². The summed E-state index contributed by atoms with van der Waals surface area (Å²) in [7, 11) is -4.65.